The van der Waals surface area contributed by atoms with Gasteiger partial charge in [0.05, 0.1) is 12.0 Å². The number of hydrogen-bond donors (Lipinski definition) is 1. The van der Waals surface area contributed by atoms with Crippen molar-refractivity contribution >= 4 is 0 Å². The average molecular weight is 207 g/mol. The number of nitrogens with two attached hydrogens (primary N) is 1. The molecule has 0 bridgehead atoms. The van der Waals surface area contributed by atoms with E-state index >= 15 is 0 Å². The van der Waals surface area contributed by atoms with Gasteiger partial charge in [0.15, 0.2) is 0 Å². The molecular weight excluding hydrogens is 186 g/mol. The first-order valence-electron chi connectivity index (χ1n) is 5.95. The van der Waals surface area contributed by atoms with Crippen molar-refractivity contribution in [3.63, 3.8) is 0 Å². The molecule has 0 radical (unpaired) electrons. The van der Waals surface area contributed by atoms with Crippen molar-refractivity contribution in [1.82, 2.24) is 9.55 Å². The SMILES string of the molecule is CC1CCCC(n2cncc2[C@@H](C)N)C1. The van der Waals surface area contributed by atoms with Gasteiger partial charge in [0.2, 0.25) is 0 Å². The Bertz CT molecular complexity index is 316. The topological polar surface area (TPSA) is 43.8 Å². The largest absolute Gasteiger partial charge is 0.330 e. The molecule has 0 saturated heterocycles. The highest BCUT2D eigenvalue weighted by molar-refractivity contribution is 5.05. The van der Waals surface area contributed by atoms with Crippen LogP contribution in [0.15, 0.2) is 12.5 Å². The third-order valence-corrected chi connectivity index (χ3v) is 3.46. The Balaban J connectivity index is 2.17. The van der Waals surface area contributed by atoms with E-state index < -0.39 is 0 Å². The van der Waals surface area contributed by atoms with Crippen LogP contribution in [0.25, 0.3) is 0 Å². The second-order valence-electron chi connectivity index (χ2n) is 4.94. The van der Waals surface area contributed by atoms with Gasteiger partial charge in [0, 0.05) is 18.3 Å². The van der Waals surface area contributed by atoms with Gasteiger partial charge in [0.25, 0.3) is 0 Å². The van der Waals surface area contributed by atoms with Crippen LogP contribution in [0.5, 0.6) is 0 Å². The molecule has 3 heteroatoms. The predicted molar refractivity (Wildman–Crippen MR) is 61.5 cm³/mol. The van der Waals surface area contributed by atoms with Gasteiger partial charge in [-0.25, -0.2) is 4.98 Å². The van der Waals surface area contributed by atoms with Crippen LogP contribution in [-0.4, -0.2) is 9.55 Å². The lowest BCUT2D eigenvalue weighted by Crippen LogP contribution is -2.21. The Morgan fingerprint density at radius 3 is 3.00 bits per heavy atom. The third kappa shape index (κ3) is 2.23. The fourth-order valence-corrected chi connectivity index (χ4v) is 2.63. The molecule has 3 atom stereocenters. The summed E-state index contributed by atoms with van der Waals surface area (Å²) < 4.78 is 2.29. The second-order valence-corrected chi connectivity index (χ2v) is 4.94. The van der Waals surface area contributed by atoms with Gasteiger partial charge in [-0.05, 0) is 25.7 Å². The molecule has 0 aliphatic heterocycles. The third-order valence-electron chi connectivity index (χ3n) is 3.46. The number of rotatable bonds is 2. The van der Waals surface area contributed by atoms with Crippen molar-refractivity contribution in [2.45, 2.75) is 51.6 Å². The molecule has 1 heterocycles. The normalized spacial score (nSPS) is 29.0. The van der Waals surface area contributed by atoms with E-state index in [0.717, 1.165) is 5.92 Å². The predicted octanol–water partition coefficient (Wildman–Crippen LogP) is 2.65. The van der Waals surface area contributed by atoms with Crippen LogP contribution in [0, 0.1) is 5.92 Å². The maximum Gasteiger partial charge on any atom is 0.0951 e. The van der Waals surface area contributed by atoms with Crippen LogP contribution in [0.1, 0.15) is 57.3 Å². The summed E-state index contributed by atoms with van der Waals surface area (Å²) in [6.45, 7) is 4.37. The Hall–Kier alpha value is -0.830. The molecule has 1 saturated carbocycles. The van der Waals surface area contributed by atoms with Crippen LogP contribution < -0.4 is 5.73 Å². The summed E-state index contributed by atoms with van der Waals surface area (Å²) >= 11 is 0. The average Bonchev–Trinajstić information content (AvgIpc) is 2.65. The van der Waals surface area contributed by atoms with E-state index in [1.54, 1.807) is 0 Å². The lowest BCUT2D eigenvalue weighted by molar-refractivity contribution is 0.276. The maximum absolute atomic E-state index is 5.94. The van der Waals surface area contributed by atoms with E-state index in [2.05, 4.69) is 16.5 Å². The first-order valence-corrected chi connectivity index (χ1v) is 5.95. The summed E-state index contributed by atoms with van der Waals surface area (Å²) in [7, 11) is 0. The molecule has 3 nitrogen and oxygen atoms in total. The summed E-state index contributed by atoms with van der Waals surface area (Å²) in [5.74, 6) is 0.840. The van der Waals surface area contributed by atoms with E-state index in [9.17, 15) is 0 Å². The van der Waals surface area contributed by atoms with Gasteiger partial charge in [-0.2, -0.15) is 0 Å². The number of nitrogens with zero attached hydrogens (tertiary/aromatic N) is 2. The quantitative estimate of drug-likeness (QED) is 0.810. The minimum absolute atomic E-state index is 0.0877. The first-order chi connectivity index (χ1) is 7.18. The van der Waals surface area contributed by atoms with Crippen LogP contribution >= 0.6 is 0 Å². The van der Waals surface area contributed by atoms with Gasteiger partial charge in [0.1, 0.15) is 0 Å². The highest BCUT2D eigenvalue weighted by Crippen LogP contribution is 2.33. The monoisotopic (exact) mass is 207 g/mol. The zero-order valence-electron chi connectivity index (χ0n) is 9.69. The molecular formula is C12H21N3. The van der Waals surface area contributed by atoms with E-state index in [1.165, 1.54) is 31.4 Å². The highest BCUT2D eigenvalue weighted by atomic mass is 15.1. The molecule has 2 N–H and O–H groups in total. The molecule has 84 valence electrons. The summed E-state index contributed by atoms with van der Waals surface area (Å²) in [6.07, 6.45) is 9.11. The van der Waals surface area contributed by atoms with Crippen molar-refractivity contribution in [2.24, 2.45) is 11.7 Å². The molecule has 0 spiro atoms. The first kappa shape index (κ1) is 10.7. The van der Waals surface area contributed by atoms with Gasteiger partial charge < -0.3 is 10.3 Å². The molecule has 1 aliphatic rings. The molecule has 0 aromatic carbocycles. The molecule has 1 aromatic heterocycles. The van der Waals surface area contributed by atoms with E-state index in [0.29, 0.717) is 6.04 Å². The summed E-state index contributed by atoms with van der Waals surface area (Å²) in [6, 6.07) is 0.710. The fourth-order valence-electron chi connectivity index (χ4n) is 2.63. The van der Waals surface area contributed by atoms with Crippen molar-refractivity contribution in [3.05, 3.63) is 18.2 Å². The van der Waals surface area contributed by atoms with Crippen LogP contribution in [0.4, 0.5) is 0 Å². The van der Waals surface area contributed by atoms with E-state index in [-0.39, 0.29) is 6.04 Å². The minimum atomic E-state index is 0.0877. The zero-order chi connectivity index (χ0) is 10.8. The Morgan fingerprint density at radius 2 is 2.33 bits per heavy atom. The summed E-state index contributed by atoms with van der Waals surface area (Å²) in [5, 5.41) is 0. The van der Waals surface area contributed by atoms with Crippen LogP contribution in [-0.2, 0) is 0 Å². The highest BCUT2D eigenvalue weighted by Gasteiger charge is 2.22. The molecule has 0 amide bonds. The Labute approximate surface area is 91.7 Å². The van der Waals surface area contributed by atoms with E-state index in [1.807, 2.05) is 19.4 Å². The molecule has 1 aliphatic carbocycles. The maximum atomic E-state index is 5.94. The second kappa shape index (κ2) is 4.35. The lowest BCUT2D eigenvalue weighted by Gasteiger charge is -2.29. The van der Waals surface area contributed by atoms with Crippen LogP contribution in [0.3, 0.4) is 0 Å². The molecule has 1 fully saturated rings. The zero-order valence-corrected chi connectivity index (χ0v) is 9.69. The molecule has 2 unspecified atom stereocenters. The van der Waals surface area contributed by atoms with Crippen molar-refractivity contribution in [3.8, 4) is 0 Å². The summed E-state index contributed by atoms with van der Waals surface area (Å²) in [5.41, 5.74) is 7.11. The number of hydrogen-bond acceptors (Lipinski definition) is 2. The molecule has 1 aromatic rings. The smallest absolute Gasteiger partial charge is 0.0951 e. The molecule has 15 heavy (non-hydrogen) atoms. The number of imidazole rings is 1. The Morgan fingerprint density at radius 1 is 1.53 bits per heavy atom. The van der Waals surface area contributed by atoms with Crippen molar-refractivity contribution in [1.29, 1.82) is 0 Å². The minimum Gasteiger partial charge on any atom is -0.330 e. The fraction of sp³-hybridized carbons (Fsp3) is 0.750. The number of aromatic nitrogens is 2. The van der Waals surface area contributed by atoms with Gasteiger partial charge >= 0.3 is 0 Å². The van der Waals surface area contributed by atoms with Gasteiger partial charge in [-0.15, -0.1) is 0 Å². The van der Waals surface area contributed by atoms with Crippen LogP contribution in [0.2, 0.25) is 0 Å². The molecule has 2 rings (SSSR count). The lowest BCUT2D eigenvalue weighted by atomic mass is 9.87. The van der Waals surface area contributed by atoms with Crippen molar-refractivity contribution in [2.75, 3.05) is 0 Å². The standard InChI is InChI=1S/C12H21N3/c1-9-4-3-5-11(6-9)15-8-14-7-12(15)10(2)13/h7-11H,3-6,13H2,1-2H3/t9?,10-,11?/m1/s1. The van der Waals surface area contributed by atoms with Gasteiger partial charge in [-0.3, -0.25) is 0 Å². The van der Waals surface area contributed by atoms with Gasteiger partial charge in [-0.1, -0.05) is 19.8 Å². The Kier molecular flexibility index (Phi) is 3.10. The van der Waals surface area contributed by atoms with E-state index in [4.69, 9.17) is 5.73 Å². The van der Waals surface area contributed by atoms with Crippen molar-refractivity contribution < 1.29 is 0 Å². The summed E-state index contributed by atoms with van der Waals surface area (Å²) in [4.78, 5) is 4.23.